The van der Waals surface area contributed by atoms with E-state index < -0.39 is 0 Å². The molecule has 0 fully saturated rings. The van der Waals surface area contributed by atoms with E-state index in [-0.39, 0.29) is 0 Å². The van der Waals surface area contributed by atoms with Crippen LogP contribution in [0.15, 0.2) is 67.0 Å². The lowest BCUT2D eigenvalue weighted by molar-refractivity contribution is 0.210. The maximum atomic E-state index is 5.08. The van der Waals surface area contributed by atoms with Crippen molar-refractivity contribution in [1.29, 1.82) is 0 Å². The van der Waals surface area contributed by atoms with Crippen molar-refractivity contribution in [2.75, 3.05) is 25.6 Å². The lowest BCUT2D eigenvalue weighted by atomic mass is 10.1. The molecule has 0 saturated carbocycles. The van der Waals surface area contributed by atoms with E-state index in [1.54, 1.807) is 19.5 Å². The average molecular weight is 411 g/mol. The van der Waals surface area contributed by atoms with Crippen molar-refractivity contribution in [2.45, 2.75) is 6.54 Å². The number of rotatable bonds is 7. The van der Waals surface area contributed by atoms with Gasteiger partial charge < -0.3 is 10.1 Å². The lowest BCUT2D eigenvalue weighted by Gasteiger charge is -2.08. The van der Waals surface area contributed by atoms with Crippen LogP contribution in [0.25, 0.3) is 33.3 Å². The first kappa shape index (κ1) is 19.1. The molecule has 0 bridgehead atoms. The molecule has 4 aromatic heterocycles. The number of hydrogen-bond donors (Lipinski definition) is 1. The van der Waals surface area contributed by atoms with E-state index in [0.29, 0.717) is 19.7 Å². The SMILES string of the molecule is COCCNc1cc(-c2ccc3nnn(Cc4ccc5ncccc5c4)c3n2)ccn1. The minimum Gasteiger partial charge on any atom is -0.383 e. The van der Waals surface area contributed by atoms with Gasteiger partial charge in [-0.2, -0.15) is 0 Å². The summed E-state index contributed by atoms with van der Waals surface area (Å²) < 4.78 is 6.91. The monoisotopic (exact) mass is 411 g/mol. The van der Waals surface area contributed by atoms with Crippen molar-refractivity contribution in [1.82, 2.24) is 29.9 Å². The standard InChI is InChI=1S/C23H21N7O/c1-31-12-11-26-22-14-18(8-10-25-22)20-6-7-21-23(27-20)30(29-28-21)15-16-4-5-19-17(13-16)3-2-9-24-19/h2-10,13-14H,11-12,15H2,1H3,(H,25,26). The fourth-order valence-electron chi connectivity index (χ4n) is 3.48. The van der Waals surface area contributed by atoms with Crippen LogP contribution in [0.5, 0.6) is 0 Å². The Bertz CT molecular complexity index is 1350. The maximum absolute atomic E-state index is 5.08. The van der Waals surface area contributed by atoms with Gasteiger partial charge in [0.1, 0.15) is 11.3 Å². The van der Waals surface area contributed by atoms with Crippen LogP contribution in [0.1, 0.15) is 5.56 Å². The van der Waals surface area contributed by atoms with E-state index >= 15 is 0 Å². The Morgan fingerprint density at radius 3 is 2.84 bits per heavy atom. The van der Waals surface area contributed by atoms with Crippen LogP contribution < -0.4 is 5.32 Å². The molecule has 0 atom stereocenters. The highest BCUT2D eigenvalue weighted by Crippen LogP contribution is 2.22. The Morgan fingerprint density at radius 1 is 0.968 bits per heavy atom. The van der Waals surface area contributed by atoms with Crippen molar-refractivity contribution in [3.05, 3.63) is 72.6 Å². The molecular formula is C23H21N7O. The molecule has 1 N–H and O–H groups in total. The molecule has 1 aromatic carbocycles. The summed E-state index contributed by atoms with van der Waals surface area (Å²) in [5, 5.41) is 12.9. The third kappa shape index (κ3) is 4.06. The predicted molar refractivity (Wildman–Crippen MR) is 120 cm³/mol. The van der Waals surface area contributed by atoms with Crippen molar-refractivity contribution in [3.8, 4) is 11.3 Å². The Kier molecular flexibility index (Phi) is 5.20. The number of pyridine rings is 3. The number of anilines is 1. The second-order valence-electron chi connectivity index (χ2n) is 7.17. The molecule has 154 valence electrons. The van der Waals surface area contributed by atoms with Crippen LogP contribution in [0.3, 0.4) is 0 Å². The van der Waals surface area contributed by atoms with Crippen molar-refractivity contribution in [3.63, 3.8) is 0 Å². The number of hydrogen-bond acceptors (Lipinski definition) is 7. The minimum absolute atomic E-state index is 0.581. The van der Waals surface area contributed by atoms with Gasteiger partial charge in [0, 0.05) is 37.0 Å². The highest BCUT2D eigenvalue weighted by atomic mass is 16.5. The van der Waals surface area contributed by atoms with Crippen LogP contribution in [0, 0.1) is 0 Å². The summed E-state index contributed by atoms with van der Waals surface area (Å²) in [5.74, 6) is 0.785. The number of nitrogens with zero attached hydrogens (tertiary/aromatic N) is 6. The third-order valence-corrected chi connectivity index (χ3v) is 5.03. The van der Waals surface area contributed by atoms with Gasteiger partial charge in [0.25, 0.3) is 0 Å². The molecule has 0 spiro atoms. The molecule has 5 aromatic rings. The zero-order valence-electron chi connectivity index (χ0n) is 17.1. The normalized spacial score (nSPS) is 11.3. The fraction of sp³-hybridized carbons (Fsp3) is 0.174. The molecule has 0 amide bonds. The summed E-state index contributed by atoms with van der Waals surface area (Å²) in [6, 6.07) is 18.0. The second kappa shape index (κ2) is 8.45. The maximum Gasteiger partial charge on any atom is 0.179 e. The Balaban J connectivity index is 1.45. The predicted octanol–water partition coefficient (Wildman–Crippen LogP) is 3.54. The van der Waals surface area contributed by atoms with E-state index in [1.807, 2.05) is 41.1 Å². The van der Waals surface area contributed by atoms with Gasteiger partial charge in [-0.05, 0) is 48.0 Å². The van der Waals surface area contributed by atoms with E-state index in [1.165, 1.54) is 0 Å². The van der Waals surface area contributed by atoms with Crippen LogP contribution in [-0.2, 0) is 11.3 Å². The molecule has 8 nitrogen and oxygen atoms in total. The van der Waals surface area contributed by atoms with Gasteiger partial charge >= 0.3 is 0 Å². The molecule has 31 heavy (non-hydrogen) atoms. The summed E-state index contributed by atoms with van der Waals surface area (Å²) in [6.07, 6.45) is 3.57. The molecule has 0 aliphatic rings. The van der Waals surface area contributed by atoms with Crippen LogP contribution in [0.2, 0.25) is 0 Å². The van der Waals surface area contributed by atoms with Crippen LogP contribution >= 0.6 is 0 Å². The fourth-order valence-corrected chi connectivity index (χ4v) is 3.48. The third-order valence-electron chi connectivity index (χ3n) is 5.03. The van der Waals surface area contributed by atoms with Crippen LogP contribution in [-0.4, -0.2) is 50.2 Å². The topological polar surface area (TPSA) is 90.6 Å². The minimum atomic E-state index is 0.581. The van der Waals surface area contributed by atoms with E-state index in [9.17, 15) is 0 Å². The zero-order chi connectivity index (χ0) is 21.0. The molecule has 5 rings (SSSR count). The molecule has 0 aliphatic carbocycles. The van der Waals surface area contributed by atoms with Crippen molar-refractivity contribution >= 4 is 27.9 Å². The van der Waals surface area contributed by atoms with Crippen molar-refractivity contribution in [2.24, 2.45) is 0 Å². The summed E-state index contributed by atoms with van der Waals surface area (Å²) in [4.78, 5) is 13.6. The zero-order valence-corrected chi connectivity index (χ0v) is 17.1. The van der Waals surface area contributed by atoms with Gasteiger partial charge in [-0.25, -0.2) is 14.6 Å². The molecule has 0 saturated heterocycles. The number of fused-ring (bicyclic) bond motifs is 2. The summed E-state index contributed by atoms with van der Waals surface area (Å²) in [5.41, 5.74) is 5.42. The van der Waals surface area contributed by atoms with Gasteiger partial charge in [-0.15, -0.1) is 5.10 Å². The number of aromatic nitrogens is 6. The van der Waals surface area contributed by atoms with Crippen LogP contribution in [0.4, 0.5) is 5.82 Å². The van der Waals surface area contributed by atoms with E-state index in [4.69, 9.17) is 9.72 Å². The first-order chi connectivity index (χ1) is 15.3. The number of ether oxygens (including phenoxy) is 1. The molecule has 4 heterocycles. The highest BCUT2D eigenvalue weighted by molar-refractivity contribution is 5.79. The average Bonchev–Trinajstić information content (AvgIpc) is 3.21. The quantitative estimate of drug-likeness (QED) is 0.410. The Morgan fingerprint density at radius 2 is 1.90 bits per heavy atom. The van der Waals surface area contributed by atoms with Gasteiger partial charge in [0.15, 0.2) is 5.65 Å². The molecule has 0 unspecified atom stereocenters. The molecule has 0 aliphatic heterocycles. The summed E-state index contributed by atoms with van der Waals surface area (Å²) in [7, 11) is 1.68. The van der Waals surface area contributed by atoms with Gasteiger partial charge in [0.05, 0.1) is 24.4 Å². The molecule has 0 radical (unpaired) electrons. The first-order valence-electron chi connectivity index (χ1n) is 10.0. The number of methoxy groups -OCH3 is 1. The largest absolute Gasteiger partial charge is 0.383 e. The molecule has 8 heteroatoms. The summed E-state index contributed by atoms with van der Waals surface area (Å²) >= 11 is 0. The Hall–Kier alpha value is -3.91. The summed E-state index contributed by atoms with van der Waals surface area (Å²) in [6.45, 7) is 1.89. The highest BCUT2D eigenvalue weighted by Gasteiger charge is 2.10. The number of nitrogens with one attached hydrogen (secondary N) is 1. The van der Waals surface area contributed by atoms with Gasteiger partial charge in [0.2, 0.25) is 0 Å². The van der Waals surface area contributed by atoms with E-state index in [0.717, 1.165) is 44.7 Å². The van der Waals surface area contributed by atoms with Gasteiger partial charge in [-0.3, -0.25) is 4.98 Å². The lowest BCUT2D eigenvalue weighted by Crippen LogP contribution is -2.08. The van der Waals surface area contributed by atoms with Crippen molar-refractivity contribution < 1.29 is 4.74 Å². The number of benzene rings is 1. The first-order valence-corrected chi connectivity index (χ1v) is 10.0. The molecular weight excluding hydrogens is 390 g/mol. The van der Waals surface area contributed by atoms with Gasteiger partial charge in [-0.1, -0.05) is 17.3 Å². The Labute approximate surface area is 178 Å². The second-order valence-corrected chi connectivity index (χ2v) is 7.17. The smallest absolute Gasteiger partial charge is 0.179 e. The van der Waals surface area contributed by atoms with E-state index in [2.05, 4.69) is 43.8 Å².